The van der Waals surface area contributed by atoms with E-state index in [1.165, 1.54) is 0 Å². The van der Waals surface area contributed by atoms with E-state index in [9.17, 15) is 9.67 Å². The molecule has 4 nitrogen and oxygen atoms in total. The van der Waals surface area contributed by atoms with Crippen molar-refractivity contribution in [2.75, 3.05) is 13.2 Å². The lowest BCUT2D eigenvalue weighted by Crippen LogP contribution is -2.14. The summed E-state index contributed by atoms with van der Waals surface area (Å²) < 4.78 is 22.7. The van der Waals surface area contributed by atoms with Gasteiger partial charge in [0.1, 0.15) is 0 Å². The van der Waals surface area contributed by atoms with E-state index in [4.69, 9.17) is 9.05 Å². The first kappa shape index (κ1) is 16.1. The maximum absolute atomic E-state index is 12.4. The molecule has 0 amide bonds. The Labute approximate surface area is 114 Å². The minimum atomic E-state index is -3.52. The van der Waals surface area contributed by atoms with Crippen LogP contribution in [-0.4, -0.2) is 24.2 Å². The van der Waals surface area contributed by atoms with Gasteiger partial charge in [0.05, 0.1) is 13.2 Å². The second kappa shape index (κ2) is 7.61. The Bertz CT molecular complexity index is 446. The molecular formula is C14H21O4P. The number of benzene rings is 1. The van der Waals surface area contributed by atoms with E-state index in [1.54, 1.807) is 26.8 Å². The second-order valence-corrected chi connectivity index (χ2v) is 6.13. The molecule has 1 rings (SSSR count). The molecular weight excluding hydrogens is 263 g/mol. The smallest absolute Gasteiger partial charge is 0.363 e. The highest BCUT2D eigenvalue weighted by atomic mass is 31.2. The molecule has 0 saturated carbocycles. The molecule has 0 aromatic heterocycles. The summed E-state index contributed by atoms with van der Waals surface area (Å²) >= 11 is 0. The molecule has 1 aromatic carbocycles. The fourth-order valence-corrected chi connectivity index (χ4v) is 3.32. The van der Waals surface area contributed by atoms with Crippen LogP contribution in [-0.2, 0) is 13.6 Å². The molecule has 1 aromatic rings. The van der Waals surface area contributed by atoms with E-state index in [-0.39, 0.29) is 13.2 Å². The molecule has 0 radical (unpaired) electrons. The third kappa shape index (κ3) is 4.59. The molecule has 0 fully saturated rings. The minimum Gasteiger partial charge on any atom is -0.376 e. The molecule has 0 aliphatic carbocycles. The summed E-state index contributed by atoms with van der Waals surface area (Å²) in [6.45, 7) is 5.60. The van der Waals surface area contributed by atoms with Crippen molar-refractivity contribution >= 4 is 13.7 Å². The molecule has 0 saturated heterocycles. The highest BCUT2D eigenvalue weighted by molar-refractivity contribution is 7.54. The zero-order chi connectivity index (χ0) is 14.3. The largest absolute Gasteiger partial charge is 0.376 e. The maximum Gasteiger partial charge on any atom is 0.363 e. The van der Waals surface area contributed by atoms with E-state index in [0.29, 0.717) is 5.57 Å². The maximum atomic E-state index is 12.4. The zero-order valence-electron chi connectivity index (χ0n) is 11.6. The van der Waals surface area contributed by atoms with Gasteiger partial charge in [0, 0.05) is 0 Å². The standard InChI is InChI=1S/C14H21O4P/c1-4-17-19(16,18-5-2)14(15)12(3)11-13-9-7-6-8-10-13/h6-11,14-15H,4-5H2,1-3H3/b12-11+. The molecule has 0 heterocycles. The lowest BCUT2D eigenvalue weighted by Gasteiger charge is -2.22. The molecule has 0 aliphatic rings. The first-order chi connectivity index (χ1) is 9.03. The summed E-state index contributed by atoms with van der Waals surface area (Å²) in [4.78, 5) is 0. The summed E-state index contributed by atoms with van der Waals surface area (Å²) in [5, 5.41) is 10.2. The molecule has 106 valence electrons. The van der Waals surface area contributed by atoms with Gasteiger partial charge in [-0.05, 0) is 31.9 Å². The Morgan fingerprint density at radius 2 is 1.79 bits per heavy atom. The van der Waals surface area contributed by atoms with Crippen molar-refractivity contribution in [3.05, 3.63) is 41.5 Å². The van der Waals surface area contributed by atoms with Gasteiger partial charge in [-0.25, -0.2) is 0 Å². The van der Waals surface area contributed by atoms with Crippen LogP contribution in [0.5, 0.6) is 0 Å². The molecule has 5 heteroatoms. The van der Waals surface area contributed by atoms with Crippen LogP contribution in [0.15, 0.2) is 35.9 Å². The SMILES string of the molecule is CCOP(=O)(OCC)C(O)/C(C)=C/c1ccccc1. The van der Waals surface area contributed by atoms with Crippen LogP contribution in [0.2, 0.25) is 0 Å². The van der Waals surface area contributed by atoms with E-state index >= 15 is 0 Å². The van der Waals surface area contributed by atoms with Gasteiger partial charge in [-0.3, -0.25) is 4.57 Å². The van der Waals surface area contributed by atoms with E-state index in [1.807, 2.05) is 30.3 Å². The van der Waals surface area contributed by atoms with Crippen LogP contribution in [0.25, 0.3) is 6.08 Å². The average molecular weight is 284 g/mol. The van der Waals surface area contributed by atoms with Gasteiger partial charge >= 0.3 is 7.60 Å². The number of rotatable bonds is 7. The van der Waals surface area contributed by atoms with Crippen LogP contribution in [0, 0.1) is 0 Å². The van der Waals surface area contributed by atoms with Gasteiger partial charge < -0.3 is 14.2 Å². The third-order valence-electron chi connectivity index (χ3n) is 2.52. The predicted octanol–water partition coefficient (Wildman–Crippen LogP) is 3.67. The Kier molecular flexibility index (Phi) is 6.46. The molecule has 19 heavy (non-hydrogen) atoms. The summed E-state index contributed by atoms with van der Waals surface area (Å²) in [6, 6.07) is 9.52. The van der Waals surface area contributed by atoms with Gasteiger partial charge in [-0.1, -0.05) is 36.4 Å². The van der Waals surface area contributed by atoms with Crippen molar-refractivity contribution in [1.82, 2.24) is 0 Å². The normalized spacial score (nSPS) is 14.4. The highest BCUT2D eigenvalue weighted by Crippen LogP contribution is 2.54. The van der Waals surface area contributed by atoms with Crippen LogP contribution in [0.4, 0.5) is 0 Å². The van der Waals surface area contributed by atoms with Gasteiger partial charge in [-0.2, -0.15) is 0 Å². The topological polar surface area (TPSA) is 55.8 Å². The first-order valence-electron chi connectivity index (χ1n) is 6.33. The van der Waals surface area contributed by atoms with Gasteiger partial charge in [0.2, 0.25) is 0 Å². The third-order valence-corrected chi connectivity index (χ3v) is 4.76. The van der Waals surface area contributed by atoms with Crippen LogP contribution in [0.3, 0.4) is 0 Å². The summed E-state index contributed by atoms with van der Waals surface area (Å²) in [5.74, 6) is -1.24. The highest BCUT2D eigenvalue weighted by Gasteiger charge is 2.35. The van der Waals surface area contributed by atoms with Crippen molar-refractivity contribution < 1.29 is 18.7 Å². The fraction of sp³-hybridized carbons (Fsp3) is 0.429. The number of hydrogen-bond acceptors (Lipinski definition) is 4. The second-order valence-electron chi connectivity index (χ2n) is 4.05. The molecule has 1 unspecified atom stereocenters. The first-order valence-corrected chi connectivity index (χ1v) is 7.94. The lowest BCUT2D eigenvalue weighted by molar-refractivity contribution is 0.164. The van der Waals surface area contributed by atoms with Gasteiger partial charge in [-0.15, -0.1) is 0 Å². The lowest BCUT2D eigenvalue weighted by atomic mass is 10.1. The predicted molar refractivity (Wildman–Crippen MR) is 77.0 cm³/mol. The monoisotopic (exact) mass is 284 g/mol. The summed E-state index contributed by atoms with van der Waals surface area (Å²) in [5.41, 5.74) is 1.48. The zero-order valence-corrected chi connectivity index (χ0v) is 12.5. The number of hydrogen-bond donors (Lipinski definition) is 1. The number of aliphatic hydroxyl groups is 1. The van der Waals surface area contributed by atoms with Crippen molar-refractivity contribution in [1.29, 1.82) is 0 Å². The van der Waals surface area contributed by atoms with E-state index in [2.05, 4.69) is 0 Å². The molecule has 0 bridgehead atoms. The fourth-order valence-electron chi connectivity index (χ4n) is 1.67. The van der Waals surface area contributed by atoms with Crippen LogP contribution in [0.1, 0.15) is 26.3 Å². The van der Waals surface area contributed by atoms with Gasteiger partial charge in [0.25, 0.3) is 0 Å². The summed E-state index contributed by atoms with van der Waals surface area (Å²) in [7, 11) is -3.52. The Morgan fingerprint density at radius 3 is 2.26 bits per heavy atom. The van der Waals surface area contributed by atoms with Gasteiger partial charge in [0.15, 0.2) is 5.85 Å². The van der Waals surface area contributed by atoms with Crippen molar-refractivity contribution in [3.8, 4) is 0 Å². The molecule has 1 atom stereocenters. The Morgan fingerprint density at radius 1 is 1.26 bits per heavy atom. The van der Waals surface area contributed by atoms with Crippen molar-refractivity contribution in [2.24, 2.45) is 0 Å². The van der Waals surface area contributed by atoms with E-state index < -0.39 is 13.4 Å². The average Bonchev–Trinajstić information content (AvgIpc) is 2.39. The summed E-state index contributed by atoms with van der Waals surface area (Å²) in [6.07, 6.45) is 1.77. The Hall–Kier alpha value is -0.930. The molecule has 0 spiro atoms. The molecule has 0 aliphatic heterocycles. The van der Waals surface area contributed by atoms with Crippen LogP contribution >= 0.6 is 7.60 Å². The quantitative estimate of drug-likeness (QED) is 0.776. The van der Waals surface area contributed by atoms with E-state index in [0.717, 1.165) is 5.56 Å². The van der Waals surface area contributed by atoms with Crippen LogP contribution < -0.4 is 0 Å². The van der Waals surface area contributed by atoms with Crippen molar-refractivity contribution in [2.45, 2.75) is 26.6 Å². The molecule has 1 N–H and O–H groups in total. The van der Waals surface area contributed by atoms with Crippen molar-refractivity contribution in [3.63, 3.8) is 0 Å². The Balaban J connectivity index is 2.93. The minimum absolute atomic E-state index is 0.229. The number of aliphatic hydroxyl groups excluding tert-OH is 1.